The van der Waals surface area contributed by atoms with Gasteiger partial charge in [-0.3, -0.25) is 4.79 Å². The molecule has 1 saturated heterocycles. The Bertz CT molecular complexity index is 676. The standard InChI is InChI=1S/C21H30FNO4.C2H6/c1-14(19(24)26-5)12-16-13-17(22)6-7-18(16)15-8-10-23(11-9-15)20(25)27-21(2,3)4;1-2/h6-7,13-15H,8-12H2,1-5H3;1-2H3. The molecule has 0 spiro atoms. The fraction of sp³-hybridized carbons (Fsp3) is 0.652. The summed E-state index contributed by atoms with van der Waals surface area (Å²) in [7, 11) is 1.36. The summed E-state index contributed by atoms with van der Waals surface area (Å²) in [4.78, 5) is 25.7. The minimum atomic E-state index is -0.512. The van der Waals surface area contributed by atoms with Crippen molar-refractivity contribution in [3.8, 4) is 0 Å². The van der Waals surface area contributed by atoms with Crippen LogP contribution in [-0.2, 0) is 20.7 Å². The molecule has 29 heavy (non-hydrogen) atoms. The number of esters is 1. The van der Waals surface area contributed by atoms with Crippen molar-refractivity contribution in [2.75, 3.05) is 20.2 Å². The molecule has 0 saturated carbocycles. The summed E-state index contributed by atoms with van der Waals surface area (Å²) in [5.74, 6) is -0.719. The summed E-state index contributed by atoms with van der Waals surface area (Å²) in [5, 5.41) is 0. The first-order valence-electron chi connectivity index (χ1n) is 10.4. The number of carbonyl (C=O) groups is 2. The number of methoxy groups -OCH3 is 1. The molecule has 1 fully saturated rings. The minimum Gasteiger partial charge on any atom is -0.469 e. The van der Waals surface area contributed by atoms with Gasteiger partial charge in [-0.1, -0.05) is 26.8 Å². The van der Waals surface area contributed by atoms with E-state index in [1.807, 2.05) is 40.7 Å². The SMILES string of the molecule is CC.COC(=O)C(C)Cc1cc(F)ccc1C1CCN(C(=O)OC(C)(C)C)CC1. The quantitative estimate of drug-likeness (QED) is 0.632. The Labute approximate surface area is 174 Å². The highest BCUT2D eigenvalue weighted by Crippen LogP contribution is 2.32. The van der Waals surface area contributed by atoms with Crippen LogP contribution in [0.25, 0.3) is 0 Å². The molecule has 0 aliphatic carbocycles. The topological polar surface area (TPSA) is 55.8 Å². The summed E-state index contributed by atoms with van der Waals surface area (Å²) in [5.41, 5.74) is 1.38. The van der Waals surface area contributed by atoms with Gasteiger partial charge in [0.25, 0.3) is 0 Å². The molecule has 1 heterocycles. The number of likely N-dealkylation sites (tertiary alicyclic amines) is 1. The number of carbonyl (C=O) groups excluding carboxylic acids is 2. The fourth-order valence-corrected chi connectivity index (χ4v) is 3.46. The normalized spacial score (nSPS) is 15.8. The van der Waals surface area contributed by atoms with Crippen LogP contribution in [0.1, 0.15) is 71.4 Å². The molecule has 1 aliphatic heterocycles. The molecule has 0 bridgehead atoms. The Morgan fingerprint density at radius 2 is 1.79 bits per heavy atom. The van der Waals surface area contributed by atoms with E-state index in [1.54, 1.807) is 11.8 Å². The lowest BCUT2D eigenvalue weighted by atomic mass is 9.84. The van der Waals surface area contributed by atoms with Crippen molar-refractivity contribution in [2.45, 2.75) is 72.3 Å². The average molecular weight is 410 g/mol. The zero-order valence-electron chi connectivity index (χ0n) is 18.9. The van der Waals surface area contributed by atoms with E-state index in [1.165, 1.54) is 19.2 Å². The van der Waals surface area contributed by atoms with E-state index in [0.29, 0.717) is 19.5 Å². The maximum atomic E-state index is 13.8. The lowest BCUT2D eigenvalue weighted by Gasteiger charge is -2.34. The van der Waals surface area contributed by atoms with Crippen LogP contribution in [0.15, 0.2) is 18.2 Å². The van der Waals surface area contributed by atoms with Crippen molar-refractivity contribution in [1.29, 1.82) is 0 Å². The first-order valence-corrected chi connectivity index (χ1v) is 10.4. The largest absolute Gasteiger partial charge is 0.469 e. The Morgan fingerprint density at radius 3 is 2.31 bits per heavy atom. The van der Waals surface area contributed by atoms with Gasteiger partial charge in [0.1, 0.15) is 11.4 Å². The molecule has 1 aromatic rings. The second-order valence-corrected chi connectivity index (χ2v) is 8.21. The van der Waals surface area contributed by atoms with E-state index < -0.39 is 5.60 Å². The first-order chi connectivity index (χ1) is 13.6. The number of benzene rings is 1. The molecule has 0 radical (unpaired) electrons. The predicted molar refractivity (Wildman–Crippen MR) is 112 cm³/mol. The van der Waals surface area contributed by atoms with E-state index in [-0.39, 0.29) is 29.7 Å². The molecule has 1 unspecified atom stereocenters. The number of ether oxygens (including phenoxy) is 2. The second-order valence-electron chi connectivity index (χ2n) is 8.21. The van der Waals surface area contributed by atoms with Crippen LogP contribution in [0.2, 0.25) is 0 Å². The minimum absolute atomic E-state index is 0.226. The molecule has 0 N–H and O–H groups in total. The van der Waals surface area contributed by atoms with E-state index in [2.05, 4.69) is 0 Å². The lowest BCUT2D eigenvalue weighted by molar-refractivity contribution is -0.144. The monoisotopic (exact) mass is 409 g/mol. The van der Waals surface area contributed by atoms with Gasteiger partial charge in [-0.25, -0.2) is 9.18 Å². The molecule has 6 heteroatoms. The number of rotatable bonds is 4. The lowest BCUT2D eigenvalue weighted by Crippen LogP contribution is -2.41. The molecule has 5 nitrogen and oxygen atoms in total. The van der Waals surface area contributed by atoms with Crippen LogP contribution in [0, 0.1) is 11.7 Å². The molecule has 1 atom stereocenters. The summed E-state index contributed by atoms with van der Waals surface area (Å²) in [6.45, 7) is 12.5. The summed E-state index contributed by atoms with van der Waals surface area (Å²) < 4.78 is 24.0. The molecule has 2 rings (SSSR count). The van der Waals surface area contributed by atoms with Crippen molar-refractivity contribution in [1.82, 2.24) is 4.90 Å². The van der Waals surface area contributed by atoms with Gasteiger partial charge in [0.05, 0.1) is 13.0 Å². The Morgan fingerprint density at radius 1 is 1.21 bits per heavy atom. The van der Waals surface area contributed by atoms with Gasteiger partial charge in [-0.15, -0.1) is 0 Å². The van der Waals surface area contributed by atoms with Crippen LogP contribution >= 0.6 is 0 Å². The van der Waals surface area contributed by atoms with Gasteiger partial charge in [0, 0.05) is 13.1 Å². The van der Waals surface area contributed by atoms with Crippen LogP contribution in [-0.4, -0.2) is 42.8 Å². The highest BCUT2D eigenvalue weighted by Gasteiger charge is 2.29. The number of hydrogen-bond donors (Lipinski definition) is 0. The van der Waals surface area contributed by atoms with Crippen LogP contribution < -0.4 is 0 Å². The Balaban J connectivity index is 0.00000204. The summed E-state index contributed by atoms with van der Waals surface area (Å²) in [6, 6.07) is 4.78. The number of amides is 1. The van der Waals surface area contributed by atoms with Crippen molar-refractivity contribution in [3.63, 3.8) is 0 Å². The molecular weight excluding hydrogens is 373 g/mol. The maximum Gasteiger partial charge on any atom is 0.410 e. The molecule has 164 valence electrons. The first kappa shape index (κ1) is 24.9. The van der Waals surface area contributed by atoms with Gasteiger partial charge in [-0.2, -0.15) is 0 Å². The van der Waals surface area contributed by atoms with Crippen molar-refractivity contribution < 1.29 is 23.5 Å². The van der Waals surface area contributed by atoms with E-state index in [0.717, 1.165) is 24.0 Å². The highest BCUT2D eigenvalue weighted by molar-refractivity contribution is 5.72. The predicted octanol–water partition coefficient (Wildman–Crippen LogP) is 5.32. The Kier molecular flexibility index (Phi) is 9.60. The smallest absolute Gasteiger partial charge is 0.410 e. The third kappa shape index (κ3) is 7.67. The summed E-state index contributed by atoms with van der Waals surface area (Å²) in [6.07, 6.45) is 1.71. The zero-order chi connectivity index (χ0) is 22.2. The van der Waals surface area contributed by atoms with Crippen molar-refractivity contribution in [2.24, 2.45) is 5.92 Å². The van der Waals surface area contributed by atoms with Gasteiger partial charge < -0.3 is 14.4 Å². The molecule has 1 amide bonds. The second kappa shape index (κ2) is 11.2. The molecule has 1 aliphatic rings. The van der Waals surface area contributed by atoms with Gasteiger partial charge >= 0.3 is 12.1 Å². The summed E-state index contributed by atoms with van der Waals surface area (Å²) >= 11 is 0. The van der Waals surface area contributed by atoms with E-state index in [9.17, 15) is 14.0 Å². The third-order valence-corrected chi connectivity index (χ3v) is 4.82. The van der Waals surface area contributed by atoms with Crippen LogP contribution in [0.5, 0.6) is 0 Å². The third-order valence-electron chi connectivity index (χ3n) is 4.82. The average Bonchev–Trinajstić information content (AvgIpc) is 2.68. The molecule has 0 aromatic heterocycles. The van der Waals surface area contributed by atoms with Crippen molar-refractivity contribution >= 4 is 12.1 Å². The number of halogens is 1. The van der Waals surface area contributed by atoms with E-state index in [4.69, 9.17) is 9.47 Å². The number of hydrogen-bond acceptors (Lipinski definition) is 4. The van der Waals surface area contributed by atoms with Gasteiger partial charge in [0.2, 0.25) is 0 Å². The van der Waals surface area contributed by atoms with Gasteiger partial charge in [-0.05, 0) is 69.2 Å². The molecular formula is C23H36FNO4. The molecule has 1 aromatic carbocycles. The van der Waals surface area contributed by atoms with Crippen LogP contribution in [0.3, 0.4) is 0 Å². The number of piperidine rings is 1. The zero-order valence-corrected chi connectivity index (χ0v) is 18.9. The fourth-order valence-electron chi connectivity index (χ4n) is 3.46. The van der Waals surface area contributed by atoms with Gasteiger partial charge in [0.15, 0.2) is 0 Å². The van der Waals surface area contributed by atoms with Crippen molar-refractivity contribution in [3.05, 3.63) is 35.1 Å². The highest BCUT2D eigenvalue weighted by atomic mass is 19.1. The van der Waals surface area contributed by atoms with E-state index >= 15 is 0 Å². The maximum absolute atomic E-state index is 13.8. The van der Waals surface area contributed by atoms with Crippen LogP contribution in [0.4, 0.5) is 9.18 Å². The number of nitrogens with zero attached hydrogens (tertiary/aromatic N) is 1. The Hall–Kier alpha value is -2.11.